The first-order valence-corrected chi connectivity index (χ1v) is 10.2. The van der Waals surface area contributed by atoms with Crippen molar-refractivity contribution < 1.29 is 9.53 Å². The van der Waals surface area contributed by atoms with Crippen molar-refractivity contribution in [1.29, 1.82) is 0 Å². The first kappa shape index (κ1) is 17.7. The van der Waals surface area contributed by atoms with Gasteiger partial charge in [0.2, 0.25) is 5.91 Å². The second-order valence-electron chi connectivity index (χ2n) is 6.76. The fourth-order valence-corrected chi connectivity index (χ4v) is 3.79. The van der Waals surface area contributed by atoms with Gasteiger partial charge >= 0.3 is 0 Å². The molecule has 1 heterocycles. The number of thioether (sulfide) groups is 1. The van der Waals surface area contributed by atoms with Crippen molar-refractivity contribution in [2.75, 3.05) is 0 Å². The van der Waals surface area contributed by atoms with Crippen molar-refractivity contribution in [2.24, 2.45) is 0 Å². The van der Waals surface area contributed by atoms with Crippen LogP contribution in [0.15, 0.2) is 29.4 Å². The molecule has 1 aromatic carbocycles. The number of nitrogens with zero attached hydrogens (tertiary/aromatic N) is 3. The minimum Gasteiger partial charge on any atom is -0.484 e. The van der Waals surface area contributed by atoms with E-state index in [2.05, 4.69) is 20.1 Å². The zero-order valence-corrected chi connectivity index (χ0v) is 16.1. The predicted molar refractivity (Wildman–Crippen MR) is 101 cm³/mol. The van der Waals surface area contributed by atoms with Gasteiger partial charge in [-0.15, -0.1) is 10.2 Å². The van der Waals surface area contributed by atoms with Crippen molar-refractivity contribution in [2.45, 2.75) is 61.7 Å². The molecule has 0 bridgehead atoms. The lowest BCUT2D eigenvalue weighted by Gasteiger charge is -2.13. The third-order valence-corrected chi connectivity index (χ3v) is 5.78. The van der Waals surface area contributed by atoms with Gasteiger partial charge < -0.3 is 10.1 Å². The first-order valence-electron chi connectivity index (χ1n) is 8.90. The summed E-state index contributed by atoms with van der Waals surface area (Å²) in [7, 11) is 0. The summed E-state index contributed by atoms with van der Waals surface area (Å²) in [6.07, 6.45) is 4.39. The van der Waals surface area contributed by atoms with E-state index in [-0.39, 0.29) is 11.2 Å². The highest BCUT2D eigenvalue weighted by Gasteiger charge is 2.32. The number of benzene rings is 1. The number of halogens is 1. The lowest BCUT2D eigenvalue weighted by atomic mass is 10.3. The maximum Gasteiger partial charge on any atom is 0.233 e. The van der Waals surface area contributed by atoms with Gasteiger partial charge in [0.1, 0.15) is 12.4 Å². The Kier molecular flexibility index (Phi) is 5.09. The van der Waals surface area contributed by atoms with E-state index in [1.54, 1.807) is 6.07 Å². The van der Waals surface area contributed by atoms with Crippen molar-refractivity contribution in [1.82, 2.24) is 20.1 Å². The lowest BCUT2D eigenvalue weighted by molar-refractivity contribution is -0.120. The molecule has 2 aliphatic carbocycles. The summed E-state index contributed by atoms with van der Waals surface area (Å²) in [5, 5.41) is 12.8. The van der Waals surface area contributed by atoms with Crippen LogP contribution in [0.25, 0.3) is 0 Å². The van der Waals surface area contributed by atoms with Crippen LogP contribution >= 0.6 is 23.4 Å². The Labute approximate surface area is 161 Å². The van der Waals surface area contributed by atoms with Gasteiger partial charge in [0.25, 0.3) is 0 Å². The van der Waals surface area contributed by atoms with E-state index < -0.39 is 0 Å². The van der Waals surface area contributed by atoms with Gasteiger partial charge in [0, 0.05) is 12.1 Å². The number of carbonyl (C=O) groups is 1. The van der Waals surface area contributed by atoms with Crippen LogP contribution in [-0.2, 0) is 11.4 Å². The zero-order valence-electron chi connectivity index (χ0n) is 14.5. The molecule has 2 saturated carbocycles. The average Bonchev–Trinajstić information content (AvgIpc) is 3.55. The van der Waals surface area contributed by atoms with E-state index in [4.69, 9.17) is 16.3 Å². The van der Waals surface area contributed by atoms with Crippen molar-refractivity contribution in [3.63, 3.8) is 0 Å². The van der Waals surface area contributed by atoms with E-state index in [1.807, 2.05) is 25.1 Å². The van der Waals surface area contributed by atoms with Crippen LogP contribution in [0.2, 0.25) is 5.02 Å². The Balaban J connectivity index is 1.44. The molecule has 138 valence electrons. The van der Waals surface area contributed by atoms with Gasteiger partial charge in [-0.1, -0.05) is 35.5 Å². The number of carbonyl (C=O) groups excluding carboxylic acids is 1. The predicted octanol–water partition coefficient (Wildman–Crippen LogP) is 3.60. The Morgan fingerprint density at radius 3 is 2.81 bits per heavy atom. The fraction of sp³-hybridized carbons (Fsp3) is 0.500. The fourth-order valence-electron chi connectivity index (χ4n) is 2.65. The number of hydrogen-bond donors (Lipinski definition) is 1. The standard InChI is InChI=1S/C18H21ClN4O2S/c1-11(17(24)20-12-6-7-12)26-18-22-21-16(23(18)13-8-9-13)10-25-15-5-3-2-4-14(15)19/h2-5,11-13H,6-10H2,1H3,(H,20,24)/t11-/m1/s1. The van der Waals surface area contributed by atoms with Gasteiger partial charge in [-0.2, -0.15) is 0 Å². The summed E-state index contributed by atoms with van der Waals surface area (Å²) < 4.78 is 7.94. The van der Waals surface area contributed by atoms with E-state index in [0.717, 1.165) is 36.7 Å². The Bertz CT molecular complexity index is 804. The number of aromatic nitrogens is 3. The topological polar surface area (TPSA) is 69.0 Å². The van der Waals surface area contributed by atoms with Crippen molar-refractivity contribution in [3.05, 3.63) is 35.1 Å². The second-order valence-corrected chi connectivity index (χ2v) is 8.48. The zero-order chi connectivity index (χ0) is 18.1. The monoisotopic (exact) mass is 392 g/mol. The maximum absolute atomic E-state index is 12.2. The highest BCUT2D eigenvalue weighted by atomic mass is 35.5. The Morgan fingerprint density at radius 2 is 2.12 bits per heavy atom. The molecule has 1 atom stereocenters. The minimum absolute atomic E-state index is 0.0664. The molecule has 4 rings (SSSR count). The normalized spacial score (nSPS) is 17.8. The second kappa shape index (κ2) is 7.48. The van der Waals surface area contributed by atoms with E-state index in [1.165, 1.54) is 11.8 Å². The van der Waals surface area contributed by atoms with Crippen LogP contribution in [0.4, 0.5) is 0 Å². The number of para-hydroxylation sites is 1. The van der Waals surface area contributed by atoms with Crippen LogP contribution < -0.4 is 10.1 Å². The number of ether oxygens (including phenoxy) is 1. The molecular weight excluding hydrogens is 372 g/mol. The average molecular weight is 393 g/mol. The van der Waals surface area contributed by atoms with Crippen LogP contribution in [0.1, 0.15) is 44.5 Å². The number of nitrogens with one attached hydrogen (secondary N) is 1. The van der Waals surface area contributed by atoms with Crippen LogP contribution in [0.3, 0.4) is 0 Å². The van der Waals surface area contributed by atoms with E-state index >= 15 is 0 Å². The Morgan fingerprint density at radius 1 is 1.35 bits per heavy atom. The number of rotatable bonds is 8. The van der Waals surface area contributed by atoms with E-state index in [0.29, 0.717) is 29.5 Å². The lowest BCUT2D eigenvalue weighted by Crippen LogP contribution is -2.32. The maximum atomic E-state index is 12.2. The van der Waals surface area contributed by atoms with Gasteiger partial charge in [0.15, 0.2) is 11.0 Å². The molecular formula is C18H21ClN4O2S. The molecule has 0 saturated heterocycles. The highest BCUT2D eigenvalue weighted by Crippen LogP contribution is 2.40. The third kappa shape index (κ3) is 4.15. The molecule has 0 spiro atoms. The molecule has 1 N–H and O–H groups in total. The summed E-state index contributed by atoms with van der Waals surface area (Å²) in [5.41, 5.74) is 0. The summed E-state index contributed by atoms with van der Waals surface area (Å²) in [6.45, 7) is 2.21. The molecule has 0 aliphatic heterocycles. The quantitative estimate of drug-likeness (QED) is 0.695. The molecule has 0 radical (unpaired) electrons. The van der Waals surface area contributed by atoms with Crippen molar-refractivity contribution in [3.8, 4) is 5.75 Å². The molecule has 6 nitrogen and oxygen atoms in total. The third-order valence-electron chi connectivity index (χ3n) is 4.42. The first-order chi connectivity index (χ1) is 12.6. The van der Waals surface area contributed by atoms with Gasteiger partial charge in [-0.05, 0) is 44.7 Å². The van der Waals surface area contributed by atoms with Crippen LogP contribution in [-0.4, -0.2) is 32.0 Å². The number of hydrogen-bond acceptors (Lipinski definition) is 5. The largest absolute Gasteiger partial charge is 0.484 e. The smallest absolute Gasteiger partial charge is 0.233 e. The van der Waals surface area contributed by atoms with E-state index in [9.17, 15) is 4.79 Å². The van der Waals surface area contributed by atoms with Crippen LogP contribution in [0.5, 0.6) is 5.75 Å². The molecule has 1 amide bonds. The molecule has 2 fully saturated rings. The summed E-state index contributed by atoms with van der Waals surface area (Å²) in [6, 6.07) is 8.14. The van der Waals surface area contributed by atoms with Crippen LogP contribution in [0, 0.1) is 0 Å². The summed E-state index contributed by atoms with van der Waals surface area (Å²) >= 11 is 7.60. The molecule has 26 heavy (non-hydrogen) atoms. The summed E-state index contributed by atoms with van der Waals surface area (Å²) in [5.74, 6) is 1.47. The van der Waals surface area contributed by atoms with Gasteiger partial charge in [0.05, 0.1) is 10.3 Å². The van der Waals surface area contributed by atoms with Gasteiger partial charge in [-0.3, -0.25) is 9.36 Å². The van der Waals surface area contributed by atoms with Crippen molar-refractivity contribution >= 4 is 29.3 Å². The molecule has 1 aromatic heterocycles. The SMILES string of the molecule is C[C@@H](Sc1nnc(COc2ccccc2Cl)n1C1CC1)C(=O)NC1CC1. The highest BCUT2D eigenvalue weighted by molar-refractivity contribution is 8.00. The molecule has 2 aromatic rings. The number of amides is 1. The summed E-state index contributed by atoms with van der Waals surface area (Å²) in [4.78, 5) is 12.2. The minimum atomic E-state index is -0.199. The molecule has 8 heteroatoms. The Hall–Kier alpha value is -1.73. The molecule has 2 aliphatic rings. The van der Waals surface area contributed by atoms with Gasteiger partial charge in [-0.25, -0.2) is 0 Å². The molecule has 0 unspecified atom stereocenters.